The molecule has 7 nitrogen and oxygen atoms in total. The Hall–Kier alpha value is -1.86. The van der Waals surface area contributed by atoms with Gasteiger partial charge in [-0.3, -0.25) is 4.79 Å². The second-order valence-electron chi connectivity index (χ2n) is 3.60. The van der Waals surface area contributed by atoms with E-state index in [0.29, 0.717) is 26.4 Å². The highest BCUT2D eigenvalue weighted by Crippen LogP contribution is 2.00. The van der Waals surface area contributed by atoms with Crippen LogP contribution in [0.4, 0.5) is 5.69 Å². The first-order valence-corrected chi connectivity index (χ1v) is 5.35. The predicted octanol–water partition coefficient (Wildman–Crippen LogP) is -0.208. The summed E-state index contributed by atoms with van der Waals surface area (Å²) in [5, 5.41) is 8.84. The van der Waals surface area contributed by atoms with Crippen LogP contribution in [0.25, 0.3) is 0 Å². The molecule has 0 fully saturated rings. The molecule has 7 heteroatoms. The Labute approximate surface area is 104 Å². The maximum atomic E-state index is 11.4. The second-order valence-corrected chi connectivity index (χ2v) is 3.60. The van der Waals surface area contributed by atoms with Gasteiger partial charge in [0.1, 0.15) is 5.56 Å². The fraction of sp³-hybridized carbons (Fsp3) is 0.455. The fourth-order valence-corrected chi connectivity index (χ4v) is 1.35. The van der Waals surface area contributed by atoms with Gasteiger partial charge in [0.05, 0.1) is 25.5 Å². The summed E-state index contributed by atoms with van der Waals surface area (Å²) in [6.07, 6.45) is 2.65. The molecule has 0 amide bonds. The van der Waals surface area contributed by atoms with Crippen LogP contribution in [0.1, 0.15) is 10.4 Å². The Balaban J connectivity index is 2.67. The highest BCUT2D eigenvalue weighted by atomic mass is 16.5. The quantitative estimate of drug-likeness (QED) is 0.654. The molecular formula is C11H16N2O5. The van der Waals surface area contributed by atoms with Gasteiger partial charge in [-0.1, -0.05) is 0 Å². The van der Waals surface area contributed by atoms with Crippen molar-refractivity contribution < 1.29 is 19.4 Å². The van der Waals surface area contributed by atoms with Crippen molar-refractivity contribution in [2.24, 2.45) is 0 Å². The molecule has 0 aliphatic heterocycles. The molecule has 0 saturated heterocycles. The molecule has 0 aliphatic rings. The molecule has 0 aliphatic carbocycles. The van der Waals surface area contributed by atoms with E-state index >= 15 is 0 Å². The lowest BCUT2D eigenvalue weighted by atomic mass is 10.2. The zero-order chi connectivity index (χ0) is 13.5. The van der Waals surface area contributed by atoms with Crippen LogP contribution in [0, 0.1) is 0 Å². The van der Waals surface area contributed by atoms with E-state index in [2.05, 4.69) is 0 Å². The molecule has 0 aromatic carbocycles. The first-order valence-electron chi connectivity index (χ1n) is 5.35. The molecule has 0 spiro atoms. The molecule has 1 heterocycles. The van der Waals surface area contributed by atoms with Gasteiger partial charge in [0.2, 0.25) is 5.43 Å². The summed E-state index contributed by atoms with van der Waals surface area (Å²) in [5.74, 6) is -1.29. The van der Waals surface area contributed by atoms with Crippen LogP contribution in [-0.2, 0) is 16.0 Å². The number of carbonyl (C=O) groups is 1. The largest absolute Gasteiger partial charge is 0.477 e. The number of nitrogens with zero attached hydrogens (tertiary/aromatic N) is 1. The SMILES string of the molecule is COCCOCCn1cc(N)c(=O)c(C(=O)O)c1. The average molecular weight is 256 g/mol. The van der Waals surface area contributed by atoms with Crippen molar-refractivity contribution in [3.8, 4) is 0 Å². The van der Waals surface area contributed by atoms with Crippen molar-refractivity contribution in [2.45, 2.75) is 6.54 Å². The van der Waals surface area contributed by atoms with Gasteiger partial charge in [-0.2, -0.15) is 0 Å². The second kappa shape index (κ2) is 6.77. The van der Waals surface area contributed by atoms with Crippen LogP contribution >= 0.6 is 0 Å². The Kier molecular flexibility index (Phi) is 5.34. The molecular weight excluding hydrogens is 240 g/mol. The standard InChI is InChI=1S/C11H16N2O5/c1-17-4-5-18-3-2-13-6-8(11(15)16)10(14)9(12)7-13/h6-7H,2-5,12H2,1H3,(H,15,16). The Morgan fingerprint density at radius 2 is 2.11 bits per heavy atom. The van der Waals surface area contributed by atoms with Gasteiger partial charge in [-0.25, -0.2) is 4.79 Å². The van der Waals surface area contributed by atoms with Gasteiger partial charge in [0.25, 0.3) is 0 Å². The number of methoxy groups -OCH3 is 1. The lowest BCUT2D eigenvalue weighted by Crippen LogP contribution is -2.21. The summed E-state index contributed by atoms with van der Waals surface area (Å²) in [6.45, 7) is 1.74. The summed E-state index contributed by atoms with van der Waals surface area (Å²) >= 11 is 0. The minimum atomic E-state index is -1.29. The van der Waals surface area contributed by atoms with E-state index < -0.39 is 11.4 Å². The van der Waals surface area contributed by atoms with Crippen molar-refractivity contribution in [1.82, 2.24) is 4.57 Å². The van der Waals surface area contributed by atoms with Gasteiger partial charge >= 0.3 is 5.97 Å². The van der Waals surface area contributed by atoms with Crippen LogP contribution in [0.2, 0.25) is 0 Å². The number of hydrogen-bond acceptors (Lipinski definition) is 5. The molecule has 100 valence electrons. The fourth-order valence-electron chi connectivity index (χ4n) is 1.35. The lowest BCUT2D eigenvalue weighted by Gasteiger charge is -2.09. The monoisotopic (exact) mass is 256 g/mol. The maximum Gasteiger partial charge on any atom is 0.341 e. The molecule has 0 radical (unpaired) electrons. The van der Waals surface area contributed by atoms with E-state index in [4.69, 9.17) is 20.3 Å². The smallest absolute Gasteiger partial charge is 0.341 e. The van der Waals surface area contributed by atoms with Crippen LogP contribution in [-0.4, -0.2) is 42.6 Å². The van der Waals surface area contributed by atoms with Gasteiger partial charge in [0, 0.05) is 26.0 Å². The van der Waals surface area contributed by atoms with E-state index in [-0.39, 0.29) is 11.3 Å². The average Bonchev–Trinajstić information content (AvgIpc) is 2.32. The first kappa shape index (κ1) is 14.2. The lowest BCUT2D eigenvalue weighted by molar-refractivity contribution is 0.0659. The maximum absolute atomic E-state index is 11.4. The van der Waals surface area contributed by atoms with Crippen LogP contribution in [0.15, 0.2) is 17.2 Å². The molecule has 3 N–H and O–H groups in total. The van der Waals surface area contributed by atoms with Crippen molar-refractivity contribution in [3.63, 3.8) is 0 Å². The number of pyridine rings is 1. The first-order chi connectivity index (χ1) is 8.56. The number of carboxylic acid groups (broad SMARTS) is 1. The Morgan fingerprint density at radius 3 is 2.72 bits per heavy atom. The molecule has 1 aromatic heterocycles. The molecule has 0 saturated carbocycles. The summed E-state index contributed by atoms with van der Waals surface area (Å²) < 4.78 is 11.6. The van der Waals surface area contributed by atoms with Gasteiger partial charge in [0.15, 0.2) is 0 Å². The van der Waals surface area contributed by atoms with Crippen LogP contribution in [0.3, 0.4) is 0 Å². The highest BCUT2D eigenvalue weighted by Gasteiger charge is 2.11. The Morgan fingerprint density at radius 1 is 1.39 bits per heavy atom. The van der Waals surface area contributed by atoms with E-state index in [1.807, 2.05) is 0 Å². The number of hydrogen-bond donors (Lipinski definition) is 2. The van der Waals surface area contributed by atoms with Crippen molar-refractivity contribution in [2.75, 3.05) is 32.7 Å². The van der Waals surface area contributed by atoms with Crippen LogP contribution < -0.4 is 11.2 Å². The summed E-state index contributed by atoms with van der Waals surface area (Å²) in [4.78, 5) is 22.2. The summed E-state index contributed by atoms with van der Waals surface area (Å²) in [5.41, 5.74) is 4.35. The number of nitrogen functional groups attached to an aromatic ring is 1. The number of anilines is 1. The van der Waals surface area contributed by atoms with E-state index in [1.165, 1.54) is 17.0 Å². The molecule has 18 heavy (non-hydrogen) atoms. The van der Waals surface area contributed by atoms with E-state index in [1.54, 1.807) is 7.11 Å². The summed E-state index contributed by atoms with van der Waals surface area (Å²) in [7, 11) is 1.57. The molecule has 0 unspecified atom stereocenters. The number of rotatable bonds is 7. The van der Waals surface area contributed by atoms with Gasteiger partial charge in [-0.05, 0) is 0 Å². The van der Waals surface area contributed by atoms with E-state index in [9.17, 15) is 9.59 Å². The minimum Gasteiger partial charge on any atom is -0.477 e. The number of ether oxygens (including phenoxy) is 2. The number of aromatic carboxylic acids is 1. The molecule has 0 atom stereocenters. The molecule has 1 aromatic rings. The molecule has 0 bridgehead atoms. The van der Waals surface area contributed by atoms with Crippen LogP contribution in [0.5, 0.6) is 0 Å². The normalized spacial score (nSPS) is 10.5. The predicted molar refractivity (Wildman–Crippen MR) is 64.8 cm³/mol. The number of carboxylic acids is 1. The Bertz CT molecular complexity index is 469. The minimum absolute atomic E-state index is 0.0909. The third-order valence-electron chi connectivity index (χ3n) is 2.26. The third-order valence-corrected chi connectivity index (χ3v) is 2.26. The zero-order valence-electron chi connectivity index (χ0n) is 10.1. The van der Waals surface area contributed by atoms with Crippen molar-refractivity contribution in [1.29, 1.82) is 0 Å². The number of nitrogens with two attached hydrogens (primary N) is 1. The highest BCUT2D eigenvalue weighted by molar-refractivity contribution is 5.88. The zero-order valence-corrected chi connectivity index (χ0v) is 10.1. The summed E-state index contributed by atoms with van der Waals surface area (Å²) in [6, 6.07) is 0. The van der Waals surface area contributed by atoms with Gasteiger partial charge < -0.3 is 24.9 Å². The molecule has 1 rings (SSSR count). The third kappa shape index (κ3) is 3.86. The van der Waals surface area contributed by atoms with E-state index in [0.717, 1.165) is 0 Å². The topological polar surface area (TPSA) is 104 Å². The number of aromatic nitrogens is 1. The van der Waals surface area contributed by atoms with Gasteiger partial charge in [-0.15, -0.1) is 0 Å². The van der Waals surface area contributed by atoms with Crippen molar-refractivity contribution >= 4 is 11.7 Å². The van der Waals surface area contributed by atoms with Crippen molar-refractivity contribution in [3.05, 3.63) is 28.2 Å².